The molecule has 0 N–H and O–H groups in total. The Hall–Kier alpha value is -2.00. The molecule has 3 rings (SSSR count). The number of hydrogen-bond acceptors (Lipinski definition) is 2. The van der Waals surface area contributed by atoms with Crippen LogP contribution in [0.2, 0.25) is 0 Å². The Morgan fingerprint density at radius 1 is 1.00 bits per heavy atom. The van der Waals surface area contributed by atoms with E-state index in [1.807, 2.05) is 42.5 Å². The van der Waals surface area contributed by atoms with Gasteiger partial charge in [0.15, 0.2) is 6.29 Å². The number of hydrogen-bond donors (Lipinski definition) is 0. The molecular weight excluding hydrogens is 304 g/mol. The lowest BCUT2D eigenvalue weighted by Crippen LogP contribution is -2.01. The van der Waals surface area contributed by atoms with Crippen molar-refractivity contribution in [2.24, 2.45) is 0 Å². The van der Waals surface area contributed by atoms with Gasteiger partial charge in [-0.25, -0.2) is 0 Å². The summed E-state index contributed by atoms with van der Waals surface area (Å²) >= 11 is 3.46. The Morgan fingerprint density at radius 3 is 2.53 bits per heavy atom. The smallest absolute Gasteiger partial charge is 0.226 e. The molecule has 0 fully saturated rings. The number of halogens is 1. The number of ketones is 1. The van der Waals surface area contributed by atoms with Gasteiger partial charge in [0, 0.05) is 15.4 Å². The van der Waals surface area contributed by atoms with E-state index in [-0.39, 0.29) is 0 Å². The number of Topliss-reactive ketones (excluding diaryl/α,β-unsaturated/α-hetero) is 1. The molecule has 0 aromatic heterocycles. The monoisotopic (exact) mass is 312 g/mol. The molecule has 3 aromatic carbocycles. The van der Waals surface area contributed by atoms with E-state index in [1.165, 1.54) is 0 Å². The first-order valence-electron chi connectivity index (χ1n) is 5.82. The number of rotatable bonds is 2. The molecule has 0 spiro atoms. The van der Waals surface area contributed by atoms with Crippen molar-refractivity contribution in [2.75, 3.05) is 0 Å². The molecule has 2 nitrogen and oxygen atoms in total. The van der Waals surface area contributed by atoms with E-state index in [9.17, 15) is 9.59 Å². The highest BCUT2D eigenvalue weighted by Gasteiger charge is 2.14. The quantitative estimate of drug-likeness (QED) is 0.308. The lowest BCUT2D eigenvalue weighted by atomic mass is 9.95. The van der Waals surface area contributed by atoms with E-state index in [4.69, 9.17) is 0 Å². The van der Waals surface area contributed by atoms with Crippen LogP contribution in [0.1, 0.15) is 10.4 Å². The minimum Gasteiger partial charge on any atom is -0.294 e. The Bertz CT molecular complexity index is 821. The number of carbonyl (C=O) groups is 2. The van der Waals surface area contributed by atoms with Crippen molar-refractivity contribution in [1.29, 1.82) is 0 Å². The molecule has 0 saturated heterocycles. The molecule has 0 aliphatic carbocycles. The highest BCUT2D eigenvalue weighted by atomic mass is 79.9. The molecule has 92 valence electrons. The molecule has 19 heavy (non-hydrogen) atoms. The van der Waals surface area contributed by atoms with Gasteiger partial charge in [-0.2, -0.15) is 0 Å². The second-order valence-corrected chi connectivity index (χ2v) is 5.14. The Morgan fingerprint density at radius 2 is 1.74 bits per heavy atom. The van der Waals surface area contributed by atoms with Crippen LogP contribution in [0.15, 0.2) is 53.0 Å². The van der Waals surface area contributed by atoms with Crippen molar-refractivity contribution in [2.45, 2.75) is 0 Å². The average Bonchev–Trinajstić information content (AvgIpc) is 2.46. The van der Waals surface area contributed by atoms with Crippen LogP contribution in [0.5, 0.6) is 0 Å². The van der Waals surface area contributed by atoms with Gasteiger partial charge >= 0.3 is 0 Å². The fraction of sp³-hybridized carbons (Fsp3) is 0. The van der Waals surface area contributed by atoms with Crippen molar-refractivity contribution < 1.29 is 9.59 Å². The fourth-order valence-corrected chi connectivity index (χ4v) is 2.96. The lowest BCUT2D eigenvalue weighted by Gasteiger charge is -2.09. The number of carbonyl (C=O) groups excluding carboxylic acids is 2. The van der Waals surface area contributed by atoms with E-state index in [2.05, 4.69) is 15.9 Å². The third-order valence-corrected chi connectivity index (χ3v) is 3.87. The Labute approximate surface area is 118 Å². The molecule has 0 radical (unpaired) electrons. The molecule has 0 saturated carbocycles. The average molecular weight is 313 g/mol. The number of fused-ring (bicyclic) bond motifs is 3. The Kier molecular flexibility index (Phi) is 2.91. The molecule has 0 bridgehead atoms. The van der Waals surface area contributed by atoms with E-state index in [1.54, 1.807) is 6.07 Å². The topological polar surface area (TPSA) is 34.1 Å². The largest absolute Gasteiger partial charge is 0.294 e. The highest BCUT2D eigenvalue weighted by molar-refractivity contribution is 9.10. The first kappa shape index (κ1) is 12.1. The highest BCUT2D eigenvalue weighted by Crippen LogP contribution is 2.33. The van der Waals surface area contributed by atoms with Gasteiger partial charge in [-0.1, -0.05) is 52.3 Å². The van der Waals surface area contributed by atoms with Crippen molar-refractivity contribution in [1.82, 2.24) is 0 Å². The number of benzene rings is 3. The zero-order chi connectivity index (χ0) is 13.4. The third-order valence-electron chi connectivity index (χ3n) is 3.21. The molecule has 0 aliphatic rings. The van der Waals surface area contributed by atoms with Gasteiger partial charge in [-0.05, 0) is 28.3 Å². The molecule has 3 aromatic rings. The Balaban J connectivity index is 2.59. The van der Waals surface area contributed by atoms with Gasteiger partial charge in [0.2, 0.25) is 5.78 Å². The van der Waals surface area contributed by atoms with Crippen LogP contribution >= 0.6 is 15.9 Å². The molecule has 0 amide bonds. The lowest BCUT2D eigenvalue weighted by molar-refractivity contribution is -0.104. The van der Waals surface area contributed by atoms with Crippen molar-refractivity contribution >= 4 is 49.5 Å². The first-order chi connectivity index (χ1) is 9.22. The third kappa shape index (κ3) is 1.87. The summed E-state index contributed by atoms with van der Waals surface area (Å²) < 4.78 is 0.820. The molecule has 0 unspecified atom stereocenters. The van der Waals surface area contributed by atoms with Crippen LogP contribution in [0, 0.1) is 0 Å². The summed E-state index contributed by atoms with van der Waals surface area (Å²) in [5, 5.41) is 3.79. The van der Waals surface area contributed by atoms with Crippen LogP contribution in [0.3, 0.4) is 0 Å². The normalized spacial score (nSPS) is 10.8. The SMILES string of the molecule is O=CC(=O)c1cc2ccccc2c2cccc(Br)c12. The van der Waals surface area contributed by atoms with Crippen molar-refractivity contribution in [3.05, 3.63) is 58.6 Å². The fourth-order valence-electron chi connectivity index (χ4n) is 2.38. The van der Waals surface area contributed by atoms with E-state index in [0.29, 0.717) is 11.8 Å². The van der Waals surface area contributed by atoms with Gasteiger partial charge in [0.25, 0.3) is 0 Å². The second kappa shape index (κ2) is 4.59. The minimum absolute atomic E-state index is 0.364. The first-order valence-corrected chi connectivity index (χ1v) is 6.61. The van der Waals surface area contributed by atoms with Crippen LogP contribution < -0.4 is 0 Å². The summed E-state index contributed by atoms with van der Waals surface area (Å²) in [4.78, 5) is 22.7. The standard InChI is InChI=1S/C16H9BrO2/c17-14-7-3-6-12-11-5-2-1-4-10(11)8-13(16(12)14)15(19)9-18/h1-9H. The van der Waals surface area contributed by atoms with E-state index >= 15 is 0 Å². The van der Waals surface area contributed by atoms with Gasteiger partial charge in [0.05, 0.1) is 0 Å². The maximum absolute atomic E-state index is 11.8. The maximum Gasteiger partial charge on any atom is 0.226 e. The molecular formula is C16H9BrO2. The predicted octanol–water partition coefficient (Wildman–Crippen LogP) is 4.14. The molecule has 0 heterocycles. The van der Waals surface area contributed by atoms with Gasteiger partial charge in [0.1, 0.15) is 0 Å². The summed E-state index contributed by atoms with van der Waals surface area (Å²) in [6, 6.07) is 15.4. The predicted molar refractivity (Wildman–Crippen MR) is 79.5 cm³/mol. The van der Waals surface area contributed by atoms with Crippen LogP contribution in [-0.4, -0.2) is 12.1 Å². The summed E-state index contributed by atoms with van der Waals surface area (Å²) in [6.45, 7) is 0. The van der Waals surface area contributed by atoms with Crippen LogP contribution in [-0.2, 0) is 4.79 Å². The molecule has 3 heteroatoms. The van der Waals surface area contributed by atoms with E-state index in [0.717, 1.165) is 26.0 Å². The number of aldehydes is 1. The zero-order valence-corrected chi connectivity index (χ0v) is 11.5. The molecule has 0 aliphatic heterocycles. The summed E-state index contributed by atoms with van der Waals surface area (Å²) in [5.41, 5.74) is 0.441. The summed E-state index contributed by atoms with van der Waals surface area (Å²) in [6.07, 6.45) is 0.364. The van der Waals surface area contributed by atoms with Gasteiger partial charge in [-0.15, -0.1) is 0 Å². The van der Waals surface area contributed by atoms with Gasteiger partial charge < -0.3 is 0 Å². The minimum atomic E-state index is -0.498. The van der Waals surface area contributed by atoms with E-state index < -0.39 is 5.78 Å². The molecule has 0 atom stereocenters. The van der Waals surface area contributed by atoms with Crippen LogP contribution in [0.25, 0.3) is 21.5 Å². The zero-order valence-electron chi connectivity index (χ0n) is 9.89. The maximum atomic E-state index is 11.8. The van der Waals surface area contributed by atoms with Crippen LogP contribution in [0.4, 0.5) is 0 Å². The van der Waals surface area contributed by atoms with Crippen molar-refractivity contribution in [3.63, 3.8) is 0 Å². The second-order valence-electron chi connectivity index (χ2n) is 4.29. The summed E-state index contributed by atoms with van der Waals surface area (Å²) in [5.74, 6) is -0.498. The summed E-state index contributed by atoms with van der Waals surface area (Å²) in [7, 11) is 0. The van der Waals surface area contributed by atoms with Crippen molar-refractivity contribution in [3.8, 4) is 0 Å². The van der Waals surface area contributed by atoms with Gasteiger partial charge in [-0.3, -0.25) is 9.59 Å².